The first-order valence-corrected chi connectivity index (χ1v) is 17.5. The molecule has 0 saturated carbocycles. The smallest absolute Gasteiger partial charge is 0.281 e. The second kappa shape index (κ2) is 10.3. The Kier molecular flexibility index (Phi) is 5.63. The Morgan fingerprint density at radius 2 is 0.960 bits per heavy atom. The zero-order chi connectivity index (χ0) is 32.9. The van der Waals surface area contributed by atoms with Crippen molar-refractivity contribution >= 4 is 81.0 Å². The van der Waals surface area contributed by atoms with E-state index in [0.29, 0.717) is 10.3 Å². The molecule has 234 valence electrons. The van der Waals surface area contributed by atoms with Crippen molar-refractivity contribution in [1.82, 2.24) is 18.5 Å². The van der Waals surface area contributed by atoms with Gasteiger partial charge in [0.2, 0.25) is 0 Å². The van der Waals surface area contributed by atoms with Crippen molar-refractivity contribution in [2.24, 2.45) is 0 Å². The van der Waals surface area contributed by atoms with E-state index >= 15 is 0 Å². The number of thiazole rings is 1. The van der Waals surface area contributed by atoms with Crippen LogP contribution in [-0.2, 0) is 0 Å². The molecule has 0 aliphatic carbocycles. The molecule has 11 aromatic rings. The minimum Gasteiger partial charge on any atom is -0.309 e. The molecule has 6 heteroatoms. The van der Waals surface area contributed by atoms with Crippen LogP contribution in [0.2, 0.25) is 0 Å². The molecule has 7 aromatic carbocycles. The summed E-state index contributed by atoms with van der Waals surface area (Å²) in [6, 6.07) is 55.9. The topological polar surface area (TPSA) is 44.2 Å². The first-order valence-electron chi connectivity index (χ1n) is 16.7. The van der Waals surface area contributed by atoms with E-state index in [1.165, 1.54) is 43.7 Å². The molecule has 5 nitrogen and oxygen atoms in total. The lowest BCUT2D eigenvalue weighted by Crippen LogP contribution is -2.08. The third kappa shape index (κ3) is 3.82. The van der Waals surface area contributed by atoms with Crippen LogP contribution < -0.4 is 5.56 Å². The van der Waals surface area contributed by atoms with Crippen LogP contribution in [-0.4, -0.2) is 18.5 Å². The average Bonchev–Trinajstić information content (AvgIpc) is 3.82. The maximum absolute atomic E-state index is 12.8. The van der Waals surface area contributed by atoms with Gasteiger partial charge in [0, 0.05) is 32.9 Å². The standard InChI is InChI=1S/C44H26N4OS/c49-43-33-14-6-9-17-38(33)48-41-26-30(20-23-42(41)50-44(48)45-43)47-37-16-8-5-13-32(37)35-25-28(19-22-40(35)47)27-18-21-39-34(24-27)31-12-4-7-15-36(31)46(39)29-10-2-1-3-11-29/h1-26H. The summed E-state index contributed by atoms with van der Waals surface area (Å²) in [5.74, 6) is 0. The third-order valence-corrected chi connectivity index (χ3v) is 11.1. The Labute approximate surface area is 289 Å². The van der Waals surface area contributed by atoms with Crippen LogP contribution in [0.5, 0.6) is 0 Å². The van der Waals surface area contributed by atoms with Crippen molar-refractivity contribution in [3.05, 3.63) is 168 Å². The highest BCUT2D eigenvalue weighted by atomic mass is 32.1. The highest BCUT2D eigenvalue weighted by molar-refractivity contribution is 7.23. The van der Waals surface area contributed by atoms with Gasteiger partial charge < -0.3 is 9.13 Å². The van der Waals surface area contributed by atoms with Crippen molar-refractivity contribution < 1.29 is 0 Å². The van der Waals surface area contributed by atoms with E-state index in [9.17, 15) is 4.79 Å². The van der Waals surface area contributed by atoms with E-state index < -0.39 is 0 Å². The summed E-state index contributed by atoms with van der Waals surface area (Å²) < 4.78 is 7.92. The summed E-state index contributed by atoms with van der Waals surface area (Å²) in [5, 5.41) is 5.52. The minimum absolute atomic E-state index is 0.188. The van der Waals surface area contributed by atoms with Crippen molar-refractivity contribution in [2.45, 2.75) is 0 Å². The summed E-state index contributed by atoms with van der Waals surface area (Å²) in [5.41, 5.74) is 11.0. The maximum Gasteiger partial charge on any atom is 0.281 e. The van der Waals surface area contributed by atoms with E-state index in [2.05, 4.69) is 152 Å². The van der Waals surface area contributed by atoms with E-state index in [4.69, 9.17) is 0 Å². The Bertz CT molecular complexity index is 3240. The maximum atomic E-state index is 12.8. The van der Waals surface area contributed by atoms with E-state index in [-0.39, 0.29) is 5.56 Å². The second-order valence-electron chi connectivity index (χ2n) is 12.8. The molecule has 0 saturated heterocycles. The van der Waals surface area contributed by atoms with Gasteiger partial charge in [-0.15, -0.1) is 0 Å². The van der Waals surface area contributed by atoms with Gasteiger partial charge in [-0.1, -0.05) is 90.2 Å². The van der Waals surface area contributed by atoms with Gasteiger partial charge in [0.05, 0.1) is 43.2 Å². The van der Waals surface area contributed by atoms with Crippen molar-refractivity contribution in [3.8, 4) is 22.5 Å². The monoisotopic (exact) mass is 658 g/mol. The average molecular weight is 659 g/mol. The van der Waals surface area contributed by atoms with Crippen LogP contribution in [0.1, 0.15) is 0 Å². The minimum atomic E-state index is -0.188. The van der Waals surface area contributed by atoms with Gasteiger partial charge in [-0.2, -0.15) is 4.98 Å². The number of rotatable bonds is 3. The zero-order valence-corrected chi connectivity index (χ0v) is 27.4. The summed E-state index contributed by atoms with van der Waals surface area (Å²) in [7, 11) is 0. The fourth-order valence-electron chi connectivity index (χ4n) is 7.89. The van der Waals surface area contributed by atoms with Crippen molar-refractivity contribution in [2.75, 3.05) is 0 Å². The largest absolute Gasteiger partial charge is 0.309 e. The van der Waals surface area contributed by atoms with Gasteiger partial charge in [-0.05, 0) is 90.0 Å². The SMILES string of the molecule is O=c1nc2sc3ccc(-n4c5ccccc5c5cc(-c6ccc7c(c6)c6ccccc6n7-c6ccccc6)ccc54)cc3n2c2ccccc12. The van der Waals surface area contributed by atoms with Gasteiger partial charge in [0.25, 0.3) is 5.56 Å². The molecular weight excluding hydrogens is 633 g/mol. The number of nitrogens with zero attached hydrogens (tertiary/aromatic N) is 4. The fourth-order valence-corrected chi connectivity index (χ4v) is 8.90. The molecule has 0 amide bonds. The lowest BCUT2D eigenvalue weighted by Gasteiger charge is -2.10. The molecule has 0 atom stereocenters. The molecule has 0 aliphatic heterocycles. The van der Waals surface area contributed by atoms with Crippen LogP contribution in [0.3, 0.4) is 0 Å². The summed E-state index contributed by atoms with van der Waals surface area (Å²) in [4.78, 5) is 18.0. The lowest BCUT2D eigenvalue weighted by molar-refractivity contribution is 1.17. The van der Waals surface area contributed by atoms with Crippen LogP contribution in [0.15, 0.2) is 163 Å². The van der Waals surface area contributed by atoms with Crippen LogP contribution >= 0.6 is 11.3 Å². The lowest BCUT2D eigenvalue weighted by atomic mass is 10.0. The summed E-state index contributed by atoms with van der Waals surface area (Å²) >= 11 is 1.55. The molecule has 0 radical (unpaired) electrons. The van der Waals surface area contributed by atoms with Crippen LogP contribution in [0.25, 0.3) is 92.2 Å². The van der Waals surface area contributed by atoms with Crippen molar-refractivity contribution in [3.63, 3.8) is 0 Å². The first kappa shape index (κ1) is 27.5. The molecule has 50 heavy (non-hydrogen) atoms. The Hall–Kier alpha value is -6.50. The third-order valence-electron chi connectivity index (χ3n) is 10.1. The predicted molar refractivity (Wildman–Crippen MR) is 208 cm³/mol. The van der Waals surface area contributed by atoms with Crippen LogP contribution in [0, 0.1) is 0 Å². The van der Waals surface area contributed by atoms with Gasteiger partial charge in [0.15, 0.2) is 4.96 Å². The first-order chi connectivity index (χ1) is 24.7. The number of hydrogen-bond donors (Lipinski definition) is 0. The summed E-state index contributed by atoms with van der Waals surface area (Å²) in [6.07, 6.45) is 0. The van der Waals surface area contributed by atoms with E-state index in [1.54, 1.807) is 11.3 Å². The molecular formula is C44H26N4OS. The number of fused-ring (bicyclic) bond motifs is 11. The quantitative estimate of drug-likeness (QED) is 0.190. The summed E-state index contributed by atoms with van der Waals surface area (Å²) in [6.45, 7) is 0. The molecule has 11 rings (SSSR count). The normalized spacial score (nSPS) is 12.1. The van der Waals surface area contributed by atoms with Crippen LogP contribution in [0.4, 0.5) is 0 Å². The highest BCUT2D eigenvalue weighted by Gasteiger charge is 2.18. The van der Waals surface area contributed by atoms with Gasteiger partial charge >= 0.3 is 0 Å². The molecule has 0 spiro atoms. The molecule has 4 aromatic heterocycles. The molecule has 0 unspecified atom stereocenters. The Morgan fingerprint density at radius 3 is 1.62 bits per heavy atom. The zero-order valence-electron chi connectivity index (χ0n) is 26.6. The molecule has 0 N–H and O–H groups in total. The van der Waals surface area contributed by atoms with Crippen molar-refractivity contribution in [1.29, 1.82) is 0 Å². The Balaban J connectivity index is 1.12. The Morgan fingerprint density at radius 1 is 0.420 bits per heavy atom. The number of benzene rings is 7. The van der Waals surface area contributed by atoms with E-state index in [0.717, 1.165) is 38.1 Å². The second-order valence-corrected chi connectivity index (χ2v) is 13.8. The molecule has 0 bridgehead atoms. The number of hydrogen-bond acceptors (Lipinski definition) is 3. The van der Waals surface area contributed by atoms with Gasteiger partial charge in [-0.3, -0.25) is 9.20 Å². The van der Waals surface area contributed by atoms with Gasteiger partial charge in [-0.25, -0.2) is 0 Å². The predicted octanol–water partition coefficient (Wildman–Crippen LogP) is 10.9. The number of aromatic nitrogens is 4. The number of para-hydroxylation sites is 4. The van der Waals surface area contributed by atoms with Gasteiger partial charge in [0.1, 0.15) is 0 Å². The molecule has 0 aliphatic rings. The molecule has 0 fully saturated rings. The molecule has 4 heterocycles. The highest BCUT2D eigenvalue weighted by Crippen LogP contribution is 2.39. The fraction of sp³-hybridized carbons (Fsp3) is 0. The van der Waals surface area contributed by atoms with E-state index in [1.807, 2.05) is 24.3 Å².